The average Bonchev–Trinajstić information content (AvgIpc) is 3.51. The number of thiophene rings is 1. The van der Waals surface area contributed by atoms with Crippen LogP contribution in [-0.4, -0.2) is 46.2 Å². The van der Waals surface area contributed by atoms with Gasteiger partial charge >= 0.3 is 5.69 Å². The zero-order chi connectivity index (χ0) is 23.0. The quantitative estimate of drug-likeness (QED) is 0.371. The van der Waals surface area contributed by atoms with Gasteiger partial charge in [-0.3, -0.25) is 23.3 Å². The maximum absolute atomic E-state index is 13.1. The smallest absolute Gasteiger partial charge is 0.332 e. The van der Waals surface area contributed by atoms with Crippen molar-refractivity contribution in [1.82, 2.24) is 33.8 Å². The van der Waals surface area contributed by atoms with Crippen LogP contribution in [0.5, 0.6) is 0 Å². The predicted octanol–water partition coefficient (Wildman–Crippen LogP) is 1.64. The van der Waals surface area contributed by atoms with E-state index in [1.807, 2.05) is 24.4 Å². The van der Waals surface area contributed by atoms with Crippen LogP contribution >= 0.6 is 22.9 Å². The van der Waals surface area contributed by atoms with Crippen molar-refractivity contribution in [3.8, 4) is 10.8 Å². The molecular formula is C19H20ClN7O4S. The summed E-state index contributed by atoms with van der Waals surface area (Å²) in [5, 5.41) is 9.95. The summed E-state index contributed by atoms with van der Waals surface area (Å²) in [7, 11) is 2.85. The summed E-state index contributed by atoms with van der Waals surface area (Å²) in [6, 6.07) is 3.76. The van der Waals surface area contributed by atoms with Crippen molar-refractivity contribution >= 4 is 40.0 Å². The molecule has 0 aliphatic rings. The lowest BCUT2D eigenvalue weighted by molar-refractivity contribution is -0.132. The molecule has 4 rings (SSSR count). The van der Waals surface area contributed by atoms with Crippen LogP contribution < -0.4 is 11.2 Å². The van der Waals surface area contributed by atoms with Crippen LogP contribution in [0.4, 0.5) is 0 Å². The fraction of sp³-hybridized carbons (Fsp3) is 0.368. The molecule has 4 aromatic heterocycles. The Morgan fingerprint density at radius 1 is 1.25 bits per heavy atom. The molecule has 0 atom stereocenters. The highest BCUT2D eigenvalue weighted by molar-refractivity contribution is 7.13. The molecule has 0 bridgehead atoms. The summed E-state index contributed by atoms with van der Waals surface area (Å²) < 4.78 is 9.19. The van der Waals surface area contributed by atoms with E-state index in [1.54, 1.807) is 4.90 Å². The van der Waals surface area contributed by atoms with Crippen LogP contribution in [0.1, 0.15) is 19.2 Å². The number of halogens is 1. The van der Waals surface area contributed by atoms with E-state index in [9.17, 15) is 14.4 Å². The molecule has 0 aromatic carbocycles. The number of nitrogens with zero attached hydrogens (tertiary/aromatic N) is 7. The second-order valence-corrected chi connectivity index (χ2v) is 8.42. The predicted molar refractivity (Wildman–Crippen MR) is 119 cm³/mol. The standard InChI is InChI=1S/C19H20ClN7O4S/c1-4-7-26(9-12-22-23-16(31-12)11-6-5-8-32-11)13(28)10-27-14-15(21-18(27)20)24(2)19(30)25(3)17(14)29/h5-6,8H,4,7,9-10H2,1-3H3. The fourth-order valence-corrected chi connectivity index (χ4v) is 4.21. The Hall–Kier alpha value is -3.25. The first kappa shape index (κ1) is 22.0. The van der Waals surface area contributed by atoms with Gasteiger partial charge in [0.15, 0.2) is 11.2 Å². The van der Waals surface area contributed by atoms with Crippen LogP contribution in [0.3, 0.4) is 0 Å². The number of carbonyl (C=O) groups excluding carboxylic acids is 1. The summed E-state index contributed by atoms with van der Waals surface area (Å²) in [6.07, 6.45) is 0.701. The minimum absolute atomic E-state index is 0.0547. The molecule has 1 amide bonds. The number of carbonyl (C=O) groups is 1. The summed E-state index contributed by atoms with van der Waals surface area (Å²) in [4.78, 5) is 44.5. The Balaban J connectivity index is 1.63. The largest absolute Gasteiger partial charge is 0.418 e. The number of imidazole rings is 1. The third kappa shape index (κ3) is 3.86. The zero-order valence-electron chi connectivity index (χ0n) is 17.6. The summed E-state index contributed by atoms with van der Waals surface area (Å²) in [6.45, 7) is 2.27. The van der Waals surface area contributed by atoms with Crippen molar-refractivity contribution < 1.29 is 9.21 Å². The van der Waals surface area contributed by atoms with E-state index in [0.29, 0.717) is 24.7 Å². The first-order valence-electron chi connectivity index (χ1n) is 9.77. The Kier molecular flexibility index (Phi) is 5.98. The lowest BCUT2D eigenvalue weighted by Crippen LogP contribution is -2.38. The molecule has 11 nitrogen and oxygen atoms in total. The highest BCUT2D eigenvalue weighted by Gasteiger charge is 2.23. The second-order valence-electron chi connectivity index (χ2n) is 7.14. The minimum atomic E-state index is -0.574. The summed E-state index contributed by atoms with van der Waals surface area (Å²) in [5.41, 5.74) is -0.895. The average molecular weight is 478 g/mol. The van der Waals surface area contributed by atoms with E-state index < -0.39 is 11.2 Å². The van der Waals surface area contributed by atoms with Gasteiger partial charge in [0.05, 0.1) is 11.4 Å². The van der Waals surface area contributed by atoms with E-state index >= 15 is 0 Å². The van der Waals surface area contributed by atoms with Crippen LogP contribution in [-0.2, 0) is 32.0 Å². The molecule has 0 spiro atoms. The first-order chi connectivity index (χ1) is 15.3. The number of hydrogen-bond acceptors (Lipinski definition) is 8. The van der Waals surface area contributed by atoms with Gasteiger partial charge in [-0.2, -0.15) is 4.98 Å². The normalized spacial score (nSPS) is 11.4. The molecule has 13 heteroatoms. The van der Waals surface area contributed by atoms with Gasteiger partial charge in [-0.25, -0.2) is 4.79 Å². The second kappa shape index (κ2) is 8.71. The molecule has 0 aliphatic carbocycles. The van der Waals surface area contributed by atoms with Gasteiger partial charge in [-0.15, -0.1) is 21.5 Å². The van der Waals surface area contributed by atoms with Crippen LogP contribution in [0, 0.1) is 0 Å². The van der Waals surface area contributed by atoms with Crippen LogP contribution in [0.2, 0.25) is 5.28 Å². The maximum atomic E-state index is 13.1. The number of aromatic nitrogens is 6. The number of fused-ring (bicyclic) bond motifs is 1. The number of hydrogen-bond donors (Lipinski definition) is 0. The number of aryl methyl sites for hydroxylation is 1. The molecule has 0 unspecified atom stereocenters. The van der Waals surface area contributed by atoms with Crippen molar-refractivity contribution in [3.63, 3.8) is 0 Å². The molecule has 32 heavy (non-hydrogen) atoms. The van der Waals surface area contributed by atoms with E-state index in [1.165, 1.54) is 34.6 Å². The fourth-order valence-electron chi connectivity index (χ4n) is 3.34. The highest BCUT2D eigenvalue weighted by Crippen LogP contribution is 2.23. The molecule has 4 aromatic rings. The van der Waals surface area contributed by atoms with E-state index in [2.05, 4.69) is 15.2 Å². The monoisotopic (exact) mass is 477 g/mol. The molecule has 0 fully saturated rings. The maximum Gasteiger partial charge on any atom is 0.332 e. The van der Waals surface area contributed by atoms with Crippen molar-refractivity contribution in [2.75, 3.05) is 6.54 Å². The van der Waals surface area contributed by atoms with Gasteiger partial charge in [-0.05, 0) is 29.5 Å². The van der Waals surface area contributed by atoms with Gasteiger partial charge in [-0.1, -0.05) is 13.0 Å². The van der Waals surface area contributed by atoms with Gasteiger partial charge in [0.2, 0.25) is 17.1 Å². The van der Waals surface area contributed by atoms with Crippen LogP contribution in [0.15, 0.2) is 31.5 Å². The van der Waals surface area contributed by atoms with E-state index in [-0.39, 0.29) is 35.4 Å². The molecule has 0 saturated carbocycles. The van der Waals surface area contributed by atoms with Crippen molar-refractivity contribution in [1.29, 1.82) is 0 Å². The van der Waals surface area contributed by atoms with Crippen molar-refractivity contribution in [2.45, 2.75) is 26.4 Å². The van der Waals surface area contributed by atoms with E-state index in [0.717, 1.165) is 9.44 Å². The number of rotatable bonds is 7. The summed E-state index contributed by atoms with van der Waals surface area (Å²) >= 11 is 7.72. The van der Waals surface area contributed by atoms with Crippen LogP contribution in [0.25, 0.3) is 21.9 Å². The topological polar surface area (TPSA) is 121 Å². The SMILES string of the molecule is CCCN(Cc1nnc(-c2cccs2)o1)C(=O)Cn1c(Cl)nc2c1c(=O)n(C)c(=O)n2C. The minimum Gasteiger partial charge on any atom is -0.418 e. The Bertz CT molecular complexity index is 1400. The van der Waals surface area contributed by atoms with Crippen molar-refractivity contribution in [3.05, 3.63) is 49.5 Å². The third-order valence-corrected chi connectivity index (χ3v) is 6.11. The zero-order valence-corrected chi connectivity index (χ0v) is 19.2. The van der Waals surface area contributed by atoms with E-state index in [4.69, 9.17) is 16.0 Å². The lowest BCUT2D eigenvalue weighted by atomic mass is 10.3. The molecule has 0 radical (unpaired) electrons. The van der Waals surface area contributed by atoms with Crippen molar-refractivity contribution in [2.24, 2.45) is 14.1 Å². The van der Waals surface area contributed by atoms with Gasteiger partial charge in [0.25, 0.3) is 11.4 Å². The Morgan fingerprint density at radius 2 is 2.03 bits per heavy atom. The molecule has 168 valence electrons. The molecule has 4 heterocycles. The first-order valence-corrected chi connectivity index (χ1v) is 11.0. The lowest BCUT2D eigenvalue weighted by Gasteiger charge is -2.20. The molecule has 0 saturated heterocycles. The Labute approximate surface area is 190 Å². The van der Waals surface area contributed by atoms with Gasteiger partial charge in [0.1, 0.15) is 6.54 Å². The van der Waals surface area contributed by atoms with Gasteiger partial charge < -0.3 is 9.32 Å². The molecular weight excluding hydrogens is 458 g/mol. The highest BCUT2D eigenvalue weighted by atomic mass is 35.5. The third-order valence-electron chi connectivity index (χ3n) is 4.97. The van der Waals surface area contributed by atoms with Gasteiger partial charge in [0, 0.05) is 20.6 Å². The number of amides is 1. The Morgan fingerprint density at radius 3 is 2.72 bits per heavy atom. The molecule has 0 aliphatic heterocycles. The molecule has 0 N–H and O–H groups in total. The summed E-state index contributed by atoms with van der Waals surface area (Å²) in [5.74, 6) is 0.391.